The summed E-state index contributed by atoms with van der Waals surface area (Å²) in [5.74, 6) is 0.0277. The summed E-state index contributed by atoms with van der Waals surface area (Å²) in [6, 6.07) is 0. The zero-order valence-corrected chi connectivity index (χ0v) is 6.55. The highest BCUT2D eigenvalue weighted by Gasteiger charge is 2.27. The minimum Gasteiger partial charge on any atom is -0.382 e. The van der Waals surface area contributed by atoms with Gasteiger partial charge in [0, 0.05) is 12.0 Å². The number of allylic oxidation sites excluding steroid dienone is 2. The zero-order valence-electron chi connectivity index (χ0n) is 6.55. The molecule has 1 aliphatic carbocycles. The Morgan fingerprint density at radius 2 is 2.36 bits per heavy atom. The number of hydrogen-bond donors (Lipinski definition) is 1. The van der Waals surface area contributed by atoms with Gasteiger partial charge in [0.05, 0.1) is 0 Å². The van der Waals surface area contributed by atoms with Crippen molar-refractivity contribution in [2.75, 3.05) is 0 Å². The topological polar surface area (TPSA) is 37.3 Å². The highest BCUT2D eigenvalue weighted by atomic mass is 16.3. The molecule has 0 spiro atoms. The molecule has 2 heteroatoms. The Bertz CT molecular complexity index is 226. The maximum absolute atomic E-state index is 11.1. The second kappa shape index (κ2) is 3.01. The number of Topliss-reactive ketones (excluding diaryl/α,β-unsaturated/α-hetero) is 1. The van der Waals surface area contributed by atoms with Crippen molar-refractivity contribution in [3.05, 3.63) is 29.9 Å². The van der Waals surface area contributed by atoms with Gasteiger partial charge in [0.25, 0.3) is 0 Å². The maximum atomic E-state index is 11.1. The van der Waals surface area contributed by atoms with Crippen LogP contribution in [0, 0.1) is 6.10 Å². The van der Waals surface area contributed by atoms with Crippen molar-refractivity contribution < 1.29 is 9.90 Å². The zero-order chi connectivity index (χ0) is 8.43. The van der Waals surface area contributed by atoms with Crippen LogP contribution in [-0.2, 0) is 4.79 Å². The highest BCUT2D eigenvalue weighted by molar-refractivity contribution is 6.01. The first kappa shape index (κ1) is 8.21. The van der Waals surface area contributed by atoms with Crippen LogP contribution >= 0.6 is 0 Å². The molecule has 0 heterocycles. The third-order valence-corrected chi connectivity index (χ3v) is 1.90. The molecule has 2 nitrogen and oxygen atoms in total. The molecule has 0 fully saturated rings. The molecular weight excluding hydrogens is 140 g/mol. The number of rotatable bonds is 2. The first-order chi connectivity index (χ1) is 5.16. The molecule has 0 saturated heterocycles. The SMILES string of the molecule is C=CCC1=C(C)[C](O)CC1=O. The number of ketones is 1. The fraction of sp³-hybridized carbons (Fsp3) is 0.333. The molecule has 0 unspecified atom stereocenters. The first-order valence-corrected chi connectivity index (χ1v) is 3.55. The van der Waals surface area contributed by atoms with E-state index in [4.69, 9.17) is 5.11 Å². The van der Waals surface area contributed by atoms with Crippen LogP contribution in [0.25, 0.3) is 0 Å². The van der Waals surface area contributed by atoms with E-state index < -0.39 is 0 Å². The van der Waals surface area contributed by atoms with Gasteiger partial charge in [-0.05, 0) is 18.9 Å². The molecule has 59 valence electrons. The van der Waals surface area contributed by atoms with Gasteiger partial charge >= 0.3 is 0 Å². The molecule has 0 aromatic carbocycles. The highest BCUT2D eigenvalue weighted by Crippen LogP contribution is 2.30. The molecule has 0 aromatic heterocycles. The molecule has 0 aromatic rings. The molecule has 1 aliphatic rings. The Kier molecular flexibility index (Phi) is 2.25. The fourth-order valence-corrected chi connectivity index (χ4v) is 1.19. The smallest absolute Gasteiger partial charge is 0.162 e. The molecule has 1 radical (unpaired) electrons. The van der Waals surface area contributed by atoms with Crippen molar-refractivity contribution in [1.29, 1.82) is 0 Å². The Morgan fingerprint density at radius 3 is 2.73 bits per heavy atom. The van der Waals surface area contributed by atoms with E-state index >= 15 is 0 Å². The van der Waals surface area contributed by atoms with Crippen LogP contribution < -0.4 is 0 Å². The van der Waals surface area contributed by atoms with Crippen LogP contribution in [0.2, 0.25) is 0 Å². The van der Waals surface area contributed by atoms with Gasteiger partial charge in [0.1, 0.15) is 6.10 Å². The predicted molar refractivity (Wildman–Crippen MR) is 42.3 cm³/mol. The van der Waals surface area contributed by atoms with E-state index in [9.17, 15) is 4.79 Å². The molecule has 1 N–H and O–H groups in total. The van der Waals surface area contributed by atoms with Gasteiger partial charge in [0.2, 0.25) is 0 Å². The van der Waals surface area contributed by atoms with E-state index in [1.54, 1.807) is 13.0 Å². The van der Waals surface area contributed by atoms with Crippen molar-refractivity contribution in [3.63, 3.8) is 0 Å². The van der Waals surface area contributed by atoms with Crippen molar-refractivity contribution in [1.82, 2.24) is 0 Å². The van der Waals surface area contributed by atoms with E-state index in [0.717, 1.165) is 5.57 Å². The van der Waals surface area contributed by atoms with Crippen LogP contribution in [0.3, 0.4) is 0 Å². The number of hydrogen-bond acceptors (Lipinski definition) is 2. The second-order valence-corrected chi connectivity index (χ2v) is 2.64. The average molecular weight is 151 g/mol. The van der Waals surface area contributed by atoms with Crippen molar-refractivity contribution in [2.24, 2.45) is 0 Å². The van der Waals surface area contributed by atoms with Gasteiger partial charge in [-0.15, -0.1) is 6.58 Å². The summed E-state index contributed by atoms with van der Waals surface area (Å²) in [5.41, 5.74) is 1.44. The molecular formula is C9H11O2. The summed E-state index contributed by atoms with van der Waals surface area (Å²) in [6.07, 6.45) is 2.63. The Hall–Kier alpha value is -0.890. The minimum atomic E-state index is 0.0277. The van der Waals surface area contributed by atoms with E-state index in [1.807, 2.05) is 0 Å². The normalized spacial score (nSPS) is 19.6. The van der Waals surface area contributed by atoms with Crippen LogP contribution in [0.1, 0.15) is 19.8 Å². The van der Waals surface area contributed by atoms with E-state index in [0.29, 0.717) is 12.0 Å². The Balaban J connectivity index is 2.87. The number of aliphatic hydroxyl groups excluding tert-OH is 1. The summed E-state index contributed by atoms with van der Waals surface area (Å²) in [5, 5.41) is 9.17. The van der Waals surface area contributed by atoms with Gasteiger partial charge in [-0.3, -0.25) is 4.79 Å². The van der Waals surface area contributed by atoms with Crippen molar-refractivity contribution in [2.45, 2.75) is 19.8 Å². The van der Waals surface area contributed by atoms with Gasteiger partial charge in [0.15, 0.2) is 5.78 Å². The van der Waals surface area contributed by atoms with Crippen LogP contribution in [0.15, 0.2) is 23.8 Å². The molecule has 1 rings (SSSR count). The van der Waals surface area contributed by atoms with E-state index in [1.165, 1.54) is 0 Å². The van der Waals surface area contributed by atoms with Crippen LogP contribution in [-0.4, -0.2) is 10.9 Å². The van der Waals surface area contributed by atoms with Crippen molar-refractivity contribution in [3.8, 4) is 0 Å². The lowest BCUT2D eigenvalue weighted by Crippen LogP contribution is -1.95. The van der Waals surface area contributed by atoms with Gasteiger partial charge < -0.3 is 5.11 Å². The summed E-state index contributed by atoms with van der Waals surface area (Å²) in [6.45, 7) is 5.30. The third-order valence-electron chi connectivity index (χ3n) is 1.90. The molecule has 11 heavy (non-hydrogen) atoms. The van der Waals surface area contributed by atoms with Crippen molar-refractivity contribution >= 4 is 5.78 Å². The largest absolute Gasteiger partial charge is 0.382 e. The lowest BCUT2D eigenvalue weighted by molar-refractivity contribution is -0.115. The molecule has 0 atom stereocenters. The Labute approximate surface area is 66.2 Å². The van der Waals surface area contributed by atoms with Gasteiger partial charge in [-0.25, -0.2) is 0 Å². The van der Waals surface area contributed by atoms with Crippen LogP contribution in [0.4, 0.5) is 0 Å². The number of carbonyl (C=O) groups excluding carboxylic acids is 1. The van der Waals surface area contributed by atoms with Crippen LogP contribution in [0.5, 0.6) is 0 Å². The minimum absolute atomic E-state index is 0.0277. The lowest BCUT2D eigenvalue weighted by Gasteiger charge is -1.98. The number of carbonyl (C=O) groups is 1. The molecule has 0 aliphatic heterocycles. The summed E-state index contributed by atoms with van der Waals surface area (Å²) < 4.78 is 0. The molecule has 0 bridgehead atoms. The summed E-state index contributed by atoms with van der Waals surface area (Å²) in [7, 11) is 0. The lowest BCUT2D eigenvalue weighted by atomic mass is 10.1. The maximum Gasteiger partial charge on any atom is 0.162 e. The Morgan fingerprint density at radius 1 is 1.73 bits per heavy atom. The fourth-order valence-electron chi connectivity index (χ4n) is 1.19. The quantitative estimate of drug-likeness (QED) is 0.610. The molecule has 0 saturated carbocycles. The van der Waals surface area contributed by atoms with Gasteiger partial charge in [-0.1, -0.05) is 6.08 Å². The first-order valence-electron chi connectivity index (χ1n) is 3.55. The monoisotopic (exact) mass is 151 g/mol. The van der Waals surface area contributed by atoms with Gasteiger partial charge in [-0.2, -0.15) is 0 Å². The van der Waals surface area contributed by atoms with E-state index in [-0.39, 0.29) is 18.3 Å². The number of aliphatic hydroxyl groups is 1. The summed E-state index contributed by atoms with van der Waals surface area (Å²) >= 11 is 0. The second-order valence-electron chi connectivity index (χ2n) is 2.64. The van der Waals surface area contributed by atoms with E-state index in [2.05, 4.69) is 6.58 Å². The standard InChI is InChI=1S/C9H11O2/c1-3-4-7-6(2)8(10)5-9(7)11/h3,10H,1,4-5H2,2H3. The summed E-state index contributed by atoms with van der Waals surface area (Å²) in [4.78, 5) is 11.1. The third kappa shape index (κ3) is 1.40. The average Bonchev–Trinajstić information content (AvgIpc) is 2.17. The molecule has 0 amide bonds. The predicted octanol–water partition coefficient (Wildman–Crippen LogP) is 1.76.